The van der Waals surface area contributed by atoms with E-state index in [2.05, 4.69) is 10.3 Å². The maximum absolute atomic E-state index is 11.2. The first kappa shape index (κ1) is 13.6. The van der Waals surface area contributed by atoms with E-state index in [4.69, 9.17) is 4.74 Å². The Kier molecular flexibility index (Phi) is 6.25. The van der Waals surface area contributed by atoms with Crippen molar-refractivity contribution in [3.05, 3.63) is 30.1 Å². The molecule has 1 N–H and O–H groups in total. The highest BCUT2D eigenvalue weighted by Crippen LogP contribution is 1.96. The van der Waals surface area contributed by atoms with E-state index >= 15 is 0 Å². The van der Waals surface area contributed by atoms with E-state index in [1.54, 1.807) is 6.20 Å². The molecule has 0 amide bonds. The van der Waals surface area contributed by atoms with Gasteiger partial charge in [-0.3, -0.25) is 9.78 Å². The average molecular weight is 236 g/mol. The zero-order chi connectivity index (χ0) is 12.5. The van der Waals surface area contributed by atoms with Crippen molar-refractivity contribution in [2.24, 2.45) is 0 Å². The van der Waals surface area contributed by atoms with Crippen LogP contribution < -0.4 is 5.32 Å². The molecule has 4 heteroatoms. The van der Waals surface area contributed by atoms with Crippen molar-refractivity contribution in [1.29, 1.82) is 0 Å². The van der Waals surface area contributed by atoms with Crippen molar-refractivity contribution < 1.29 is 9.53 Å². The molecule has 0 aliphatic heterocycles. The lowest BCUT2D eigenvalue weighted by atomic mass is 10.2. The largest absolute Gasteiger partial charge is 0.466 e. The SMILES string of the molecule is CCOC(=O)CC(C)NCCc1ccccn1. The van der Waals surface area contributed by atoms with Gasteiger partial charge in [0.1, 0.15) is 0 Å². The van der Waals surface area contributed by atoms with Crippen molar-refractivity contribution >= 4 is 5.97 Å². The smallest absolute Gasteiger partial charge is 0.307 e. The molecule has 4 nitrogen and oxygen atoms in total. The highest BCUT2D eigenvalue weighted by atomic mass is 16.5. The second-order valence-electron chi connectivity index (χ2n) is 3.94. The molecule has 0 fully saturated rings. The first-order valence-corrected chi connectivity index (χ1v) is 6.01. The molecule has 0 spiro atoms. The Labute approximate surface area is 102 Å². The summed E-state index contributed by atoms with van der Waals surface area (Å²) in [7, 11) is 0. The lowest BCUT2D eigenvalue weighted by Crippen LogP contribution is -2.31. The summed E-state index contributed by atoms with van der Waals surface area (Å²) in [6, 6.07) is 6.01. The Morgan fingerprint density at radius 1 is 1.53 bits per heavy atom. The van der Waals surface area contributed by atoms with Crippen LogP contribution in [0.15, 0.2) is 24.4 Å². The number of nitrogens with one attached hydrogen (secondary N) is 1. The molecule has 1 aromatic rings. The van der Waals surface area contributed by atoms with Crippen LogP contribution >= 0.6 is 0 Å². The molecule has 1 atom stereocenters. The van der Waals surface area contributed by atoms with E-state index in [1.165, 1.54) is 0 Å². The van der Waals surface area contributed by atoms with Crippen molar-refractivity contribution in [3.63, 3.8) is 0 Å². The van der Waals surface area contributed by atoms with E-state index in [0.717, 1.165) is 18.7 Å². The van der Waals surface area contributed by atoms with Crippen LogP contribution in [0, 0.1) is 0 Å². The Bertz CT molecular complexity index is 327. The first-order valence-electron chi connectivity index (χ1n) is 6.01. The summed E-state index contributed by atoms with van der Waals surface area (Å²) < 4.78 is 4.89. The molecule has 1 aromatic heterocycles. The molecule has 0 radical (unpaired) electrons. The number of hydrogen-bond donors (Lipinski definition) is 1. The quantitative estimate of drug-likeness (QED) is 0.730. The van der Waals surface area contributed by atoms with Crippen molar-refractivity contribution in [3.8, 4) is 0 Å². The van der Waals surface area contributed by atoms with Crippen LogP contribution in [-0.4, -0.2) is 30.1 Å². The maximum atomic E-state index is 11.2. The highest BCUT2D eigenvalue weighted by molar-refractivity contribution is 5.69. The maximum Gasteiger partial charge on any atom is 0.307 e. The number of hydrogen-bond acceptors (Lipinski definition) is 4. The van der Waals surface area contributed by atoms with Gasteiger partial charge in [0.25, 0.3) is 0 Å². The van der Waals surface area contributed by atoms with Crippen molar-refractivity contribution in [2.75, 3.05) is 13.2 Å². The molecule has 1 heterocycles. The zero-order valence-electron chi connectivity index (χ0n) is 10.5. The Morgan fingerprint density at radius 3 is 3.00 bits per heavy atom. The van der Waals surface area contributed by atoms with Gasteiger partial charge in [-0.25, -0.2) is 0 Å². The monoisotopic (exact) mass is 236 g/mol. The van der Waals surface area contributed by atoms with Crippen molar-refractivity contribution in [2.45, 2.75) is 32.7 Å². The minimum absolute atomic E-state index is 0.137. The van der Waals surface area contributed by atoms with Gasteiger partial charge in [-0.2, -0.15) is 0 Å². The van der Waals surface area contributed by atoms with Crippen LogP contribution in [0.25, 0.3) is 0 Å². The molecular weight excluding hydrogens is 216 g/mol. The molecule has 0 aromatic carbocycles. The summed E-state index contributed by atoms with van der Waals surface area (Å²) in [5.41, 5.74) is 1.06. The lowest BCUT2D eigenvalue weighted by molar-refractivity contribution is -0.143. The second-order valence-corrected chi connectivity index (χ2v) is 3.94. The second kappa shape index (κ2) is 7.79. The van der Waals surface area contributed by atoms with Gasteiger partial charge in [0.15, 0.2) is 0 Å². The minimum Gasteiger partial charge on any atom is -0.466 e. The van der Waals surface area contributed by atoms with Crippen LogP contribution in [0.1, 0.15) is 26.0 Å². The topological polar surface area (TPSA) is 51.2 Å². The Balaban J connectivity index is 2.16. The first-order chi connectivity index (χ1) is 8.22. The predicted molar refractivity (Wildman–Crippen MR) is 66.7 cm³/mol. The number of ether oxygens (including phenoxy) is 1. The summed E-state index contributed by atoms with van der Waals surface area (Å²) in [5.74, 6) is -0.148. The van der Waals surface area contributed by atoms with E-state index in [9.17, 15) is 4.79 Å². The fourth-order valence-electron chi connectivity index (χ4n) is 1.53. The summed E-state index contributed by atoms with van der Waals surface area (Å²) in [6.07, 6.45) is 3.07. The third-order valence-corrected chi connectivity index (χ3v) is 2.38. The number of carbonyl (C=O) groups excluding carboxylic acids is 1. The van der Waals surface area contributed by atoms with E-state index in [0.29, 0.717) is 13.0 Å². The number of nitrogens with zero attached hydrogens (tertiary/aromatic N) is 1. The lowest BCUT2D eigenvalue weighted by Gasteiger charge is -2.12. The zero-order valence-corrected chi connectivity index (χ0v) is 10.5. The summed E-state index contributed by atoms with van der Waals surface area (Å²) >= 11 is 0. The molecule has 17 heavy (non-hydrogen) atoms. The number of esters is 1. The Hall–Kier alpha value is -1.42. The van der Waals surface area contributed by atoms with Gasteiger partial charge < -0.3 is 10.1 Å². The molecule has 0 saturated heterocycles. The van der Waals surface area contributed by atoms with Gasteiger partial charge in [-0.15, -0.1) is 0 Å². The minimum atomic E-state index is -0.148. The van der Waals surface area contributed by atoms with Crippen molar-refractivity contribution in [1.82, 2.24) is 10.3 Å². The van der Waals surface area contributed by atoms with E-state index in [-0.39, 0.29) is 12.0 Å². The van der Waals surface area contributed by atoms with Gasteiger partial charge in [0, 0.05) is 30.9 Å². The fraction of sp³-hybridized carbons (Fsp3) is 0.538. The number of pyridine rings is 1. The molecule has 0 saturated carbocycles. The normalized spacial score (nSPS) is 12.1. The summed E-state index contributed by atoms with van der Waals surface area (Å²) in [6.45, 7) is 5.06. The standard InChI is InChI=1S/C13H20N2O2/c1-3-17-13(16)10-11(2)14-9-7-12-6-4-5-8-15-12/h4-6,8,11,14H,3,7,9-10H2,1-2H3. The third kappa shape index (κ3) is 6.02. The number of aromatic nitrogens is 1. The molecule has 1 unspecified atom stereocenters. The Morgan fingerprint density at radius 2 is 2.35 bits per heavy atom. The summed E-state index contributed by atoms with van der Waals surface area (Å²) in [4.78, 5) is 15.4. The van der Waals surface area contributed by atoms with Crippen LogP contribution in [-0.2, 0) is 16.0 Å². The molecule has 0 aliphatic rings. The number of carbonyl (C=O) groups is 1. The fourth-order valence-corrected chi connectivity index (χ4v) is 1.53. The van der Waals surface area contributed by atoms with Gasteiger partial charge in [0.05, 0.1) is 13.0 Å². The van der Waals surface area contributed by atoms with Gasteiger partial charge in [0.2, 0.25) is 0 Å². The highest BCUT2D eigenvalue weighted by Gasteiger charge is 2.08. The van der Waals surface area contributed by atoms with Gasteiger partial charge in [-0.1, -0.05) is 6.07 Å². The van der Waals surface area contributed by atoms with Crippen LogP contribution in [0.5, 0.6) is 0 Å². The molecular formula is C13H20N2O2. The average Bonchev–Trinajstić information content (AvgIpc) is 2.30. The molecule has 0 bridgehead atoms. The summed E-state index contributed by atoms with van der Waals surface area (Å²) in [5, 5.41) is 3.28. The third-order valence-electron chi connectivity index (χ3n) is 2.38. The van der Waals surface area contributed by atoms with Crippen LogP contribution in [0.3, 0.4) is 0 Å². The van der Waals surface area contributed by atoms with Gasteiger partial charge >= 0.3 is 5.97 Å². The number of rotatable bonds is 7. The molecule has 1 rings (SSSR count). The van der Waals surface area contributed by atoms with E-state index < -0.39 is 0 Å². The molecule has 0 aliphatic carbocycles. The van der Waals surface area contributed by atoms with Crippen LogP contribution in [0.4, 0.5) is 0 Å². The predicted octanol–water partition coefficient (Wildman–Crippen LogP) is 1.56. The van der Waals surface area contributed by atoms with E-state index in [1.807, 2.05) is 32.0 Å². The molecule has 94 valence electrons. The van der Waals surface area contributed by atoms with Crippen LogP contribution in [0.2, 0.25) is 0 Å². The van der Waals surface area contributed by atoms with Gasteiger partial charge in [-0.05, 0) is 26.0 Å².